The highest BCUT2D eigenvalue weighted by atomic mass is 32.2. The van der Waals surface area contributed by atoms with E-state index in [0.29, 0.717) is 0 Å². The van der Waals surface area contributed by atoms with E-state index < -0.39 is 0 Å². The van der Waals surface area contributed by atoms with E-state index in [1.54, 1.807) is 0 Å². The lowest BCUT2D eigenvalue weighted by Crippen LogP contribution is -1.88. The van der Waals surface area contributed by atoms with Crippen LogP contribution < -0.4 is 0 Å². The summed E-state index contributed by atoms with van der Waals surface area (Å²) >= 11 is 2.19. The van der Waals surface area contributed by atoms with Crippen LogP contribution in [-0.2, 0) is 0 Å². The van der Waals surface area contributed by atoms with Crippen molar-refractivity contribution in [1.82, 2.24) is 0 Å². The fourth-order valence-electron chi connectivity index (χ4n) is 1.41. The molecule has 3 unspecified atom stereocenters. The summed E-state index contributed by atoms with van der Waals surface area (Å²) < 4.78 is 0. The standard InChI is InChI=1S/C6H10S/c1-4-2-5-3-6(5)7-4/h4-6H,2-3H2,1H3. The lowest BCUT2D eigenvalue weighted by Gasteiger charge is -1.98. The molecule has 1 aliphatic heterocycles. The van der Waals surface area contributed by atoms with Crippen molar-refractivity contribution < 1.29 is 0 Å². The number of hydrogen-bond donors (Lipinski definition) is 0. The van der Waals surface area contributed by atoms with Gasteiger partial charge in [0.1, 0.15) is 0 Å². The second-order valence-electron chi connectivity index (χ2n) is 2.72. The minimum absolute atomic E-state index is 0.990. The van der Waals surface area contributed by atoms with Crippen molar-refractivity contribution in [2.45, 2.75) is 30.3 Å². The summed E-state index contributed by atoms with van der Waals surface area (Å²) in [7, 11) is 0. The second-order valence-corrected chi connectivity index (χ2v) is 4.40. The zero-order valence-corrected chi connectivity index (χ0v) is 5.37. The summed E-state index contributed by atoms with van der Waals surface area (Å²) in [5.41, 5.74) is 0. The third kappa shape index (κ3) is 0.584. The van der Waals surface area contributed by atoms with Gasteiger partial charge in [0, 0.05) is 10.5 Å². The van der Waals surface area contributed by atoms with E-state index in [-0.39, 0.29) is 0 Å². The molecule has 0 spiro atoms. The van der Waals surface area contributed by atoms with Crippen LogP contribution in [0.1, 0.15) is 19.8 Å². The van der Waals surface area contributed by atoms with Gasteiger partial charge >= 0.3 is 0 Å². The van der Waals surface area contributed by atoms with Gasteiger partial charge in [-0.25, -0.2) is 0 Å². The maximum absolute atomic E-state index is 2.34. The van der Waals surface area contributed by atoms with Gasteiger partial charge in [0.25, 0.3) is 0 Å². The first kappa shape index (κ1) is 4.25. The third-order valence-corrected chi connectivity index (χ3v) is 3.48. The molecule has 1 heteroatoms. The topological polar surface area (TPSA) is 0 Å². The maximum atomic E-state index is 2.34. The summed E-state index contributed by atoms with van der Waals surface area (Å²) in [6, 6.07) is 0. The molecular formula is C6H10S. The van der Waals surface area contributed by atoms with Crippen molar-refractivity contribution in [2.24, 2.45) is 5.92 Å². The molecule has 0 aromatic heterocycles. The van der Waals surface area contributed by atoms with Crippen LogP contribution in [0.4, 0.5) is 0 Å². The van der Waals surface area contributed by atoms with Crippen molar-refractivity contribution in [3.63, 3.8) is 0 Å². The van der Waals surface area contributed by atoms with Gasteiger partial charge in [-0.15, -0.1) is 0 Å². The van der Waals surface area contributed by atoms with E-state index in [9.17, 15) is 0 Å². The number of fused-ring (bicyclic) bond motifs is 1. The largest absolute Gasteiger partial charge is 0.155 e. The quantitative estimate of drug-likeness (QED) is 0.463. The number of thioether (sulfide) groups is 1. The average molecular weight is 114 g/mol. The summed E-state index contributed by atoms with van der Waals surface area (Å²) in [6.45, 7) is 2.34. The van der Waals surface area contributed by atoms with Crippen molar-refractivity contribution in [3.05, 3.63) is 0 Å². The predicted molar refractivity (Wildman–Crippen MR) is 33.6 cm³/mol. The molecule has 7 heavy (non-hydrogen) atoms. The normalized spacial score (nSPS) is 57.0. The molecule has 0 bridgehead atoms. The molecule has 2 rings (SSSR count). The molecule has 1 saturated carbocycles. The fraction of sp³-hybridized carbons (Fsp3) is 1.00. The van der Waals surface area contributed by atoms with Crippen molar-refractivity contribution in [2.75, 3.05) is 0 Å². The van der Waals surface area contributed by atoms with Gasteiger partial charge in [0.2, 0.25) is 0 Å². The monoisotopic (exact) mass is 114 g/mol. The smallest absolute Gasteiger partial charge is 0.00818 e. The van der Waals surface area contributed by atoms with E-state index in [1.807, 2.05) is 0 Å². The summed E-state index contributed by atoms with van der Waals surface area (Å²) in [4.78, 5) is 0. The van der Waals surface area contributed by atoms with Crippen LogP contribution in [0.5, 0.6) is 0 Å². The van der Waals surface area contributed by atoms with Gasteiger partial charge in [-0.1, -0.05) is 6.92 Å². The molecule has 0 N–H and O–H groups in total. The molecule has 0 aromatic carbocycles. The minimum atomic E-state index is 0.990. The molecule has 0 nitrogen and oxygen atoms in total. The molecule has 1 saturated heterocycles. The zero-order chi connectivity index (χ0) is 4.85. The van der Waals surface area contributed by atoms with Gasteiger partial charge < -0.3 is 0 Å². The van der Waals surface area contributed by atoms with E-state index >= 15 is 0 Å². The second kappa shape index (κ2) is 1.19. The van der Waals surface area contributed by atoms with Gasteiger partial charge in [-0.2, -0.15) is 11.8 Å². The number of hydrogen-bond acceptors (Lipinski definition) is 1. The zero-order valence-electron chi connectivity index (χ0n) is 4.55. The molecule has 0 aromatic rings. The molecule has 1 aliphatic carbocycles. The number of rotatable bonds is 0. The van der Waals surface area contributed by atoms with Crippen molar-refractivity contribution >= 4 is 11.8 Å². The molecule has 2 fully saturated rings. The van der Waals surface area contributed by atoms with E-state index in [4.69, 9.17) is 0 Å². The van der Waals surface area contributed by atoms with E-state index in [1.165, 1.54) is 12.8 Å². The van der Waals surface area contributed by atoms with Crippen LogP contribution in [0.2, 0.25) is 0 Å². The van der Waals surface area contributed by atoms with E-state index in [2.05, 4.69) is 18.7 Å². The van der Waals surface area contributed by atoms with Gasteiger partial charge in [0.15, 0.2) is 0 Å². The highest BCUT2D eigenvalue weighted by Crippen LogP contribution is 2.54. The first-order valence-electron chi connectivity index (χ1n) is 3.02. The van der Waals surface area contributed by atoms with Crippen LogP contribution in [0.15, 0.2) is 0 Å². The van der Waals surface area contributed by atoms with Crippen LogP contribution in [0.25, 0.3) is 0 Å². The minimum Gasteiger partial charge on any atom is -0.155 e. The summed E-state index contributed by atoms with van der Waals surface area (Å²) in [5, 5.41) is 2.10. The van der Waals surface area contributed by atoms with E-state index in [0.717, 1.165) is 16.4 Å². The molecule has 0 amide bonds. The highest BCUT2D eigenvalue weighted by Gasteiger charge is 2.44. The lowest BCUT2D eigenvalue weighted by molar-refractivity contribution is 0.749. The Kier molecular flexibility index (Phi) is 0.724. The Morgan fingerprint density at radius 1 is 1.43 bits per heavy atom. The Labute approximate surface area is 48.7 Å². The van der Waals surface area contributed by atoms with Crippen molar-refractivity contribution in [3.8, 4) is 0 Å². The predicted octanol–water partition coefficient (Wildman–Crippen LogP) is 1.90. The molecule has 0 radical (unpaired) electrons. The fourth-order valence-corrected chi connectivity index (χ4v) is 3.06. The van der Waals surface area contributed by atoms with Crippen molar-refractivity contribution in [1.29, 1.82) is 0 Å². The molecule has 40 valence electrons. The van der Waals surface area contributed by atoms with Crippen LogP contribution >= 0.6 is 11.8 Å². The molecule has 3 atom stereocenters. The average Bonchev–Trinajstić information content (AvgIpc) is 2.15. The molecule has 2 aliphatic rings. The highest BCUT2D eigenvalue weighted by molar-refractivity contribution is 8.01. The summed E-state index contributed by atoms with van der Waals surface area (Å²) in [6.07, 6.45) is 3.05. The lowest BCUT2D eigenvalue weighted by atomic mass is 10.2. The van der Waals surface area contributed by atoms with Crippen LogP contribution in [-0.4, -0.2) is 10.5 Å². The Morgan fingerprint density at radius 3 is 2.57 bits per heavy atom. The van der Waals surface area contributed by atoms with Crippen LogP contribution in [0.3, 0.4) is 0 Å². The third-order valence-electron chi connectivity index (χ3n) is 1.90. The first-order valence-corrected chi connectivity index (χ1v) is 3.96. The van der Waals surface area contributed by atoms with Gasteiger partial charge in [-0.3, -0.25) is 0 Å². The van der Waals surface area contributed by atoms with Gasteiger partial charge in [0.05, 0.1) is 0 Å². The first-order chi connectivity index (χ1) is 3.36. The Hall–Kier alpha value is 0.350. The Morgan fingerprint density at radius 2 is 2.29 bits per heavy atom. The Balaban J connectivity index is 2.02. The summed E-state index contributed by atoms with van der Waals surface area (Å²) in [5.74, 6) is 1.15. The Bertz CT molecular complexity index is 80.2. The SMILES string of the molecule is CC1CC2CC2S1. The molecule has 1 heterocycles. The molecular weight excluding hydrogens is 104 g/mol. The van der Waals surface area contributed by atoms with Crippen LogP contribution in [0, 0.1) is 5.92 Å². The maximum Gasteiger partial charge on any atom is 0.00818 e. The van der Waals surface area contributed by atoms with Gasteiger partial charge in [-0.05, 0) is 18.8 Å².